The van der Waals surface area contributed by atoms with Crippen LogP contribution in [0.2, 0.25) is 0 Å². The second-order valence-corrected chi connectivity index (χ2v) is 5.96. The summed E-state index contributed by atoms with van der Waals surface area (Å²) in [5.41, 5.74) is 0. The van der Waals surface area contributed by atoms with Crippen LogP contribution in [0, 0.1) is 6.92 Å². The van der Waals surface area contributed by atoms with Gasteiger partial charge in [-0.1, -0.05) is 0 Å². The predicted molar refractivity (Wildman–Crippen MR) is 68.3 cm³/mol. The molecule has 21 heavy (non-hydrogen) atoms. The Bertz CT molecular complexity index is 554. The van der Waals surface area contributed by atoms with Gasteiger partial charge in [-0.05, 0) is 14.0 Å². The summed E-state index contributed by atoms with van der Waals surface area (Å²) in [6.07, 6.45) is -4.43. The average Bonchev–Trinajstić information content (AvgIpc) is 2.69. The molecule has 0 saturated carbocycles. The number of ether oxygens (including phenoxy) is 1. The molecule has 0 fully saturated rings. The predicted octanol–water partition coefficient (Wildman–Crippen LogP) is 1.16. The lowest BCUT2D eigenvalue weighted by Gasteiger charge is -2.08. The largest absolute Gasteiger partial charge is 0.464 e. The molecule has 0 saturated heterocycles. The van der Waals surface area contributed by atoms with E-state index in [0.29, 0.717) is 12.3 Å². The van der Waals surface area contributed by atoms with E-state index in [1.165, 1.54) is 13.0 Å². The highest BCUT2D eigenvalue weighted by molar-refractivity contribution is 7.89. The van der Waals surface area contributed by atoms with E-state index >= 15 is 0 Å². The minimum atomic E-state index is -4.43. The number of alkyl halides is 3. The zero-order valence-electron chi connectivity index (χ0n) is 11.6. The fourth-order valence-corrected chi connectivity index (χ4v) is 2.78. The van der Waals surface area contributed by atoms with Crippen LogP contribution >= 0.6 is 0 Å². The molecular formula is C11H17F3N2O4S. The van der Waals surface area contributed by atoms with E-state index in [1.54, 1.807) is 7.05 Å². The van der Waals surface area contributed by atoms with Crippen molar-refractivity contribution in [3.63, 3.8) is 0 Å². The van der Waals surface area contributed by atoms with Crippen LogP contribution in [0.3, 0.4) is 0 Å². The second-order valence-electron chi connectivity index (χ2n) is 4.23. The van der Waals surface area contributed by atoms with Gasteiger partial charge in [0.1, 0.15) is 23.0 Å². The van der Waals surface area contributed by atoms with Gasteiger partial charge in [0.25, 0.3) is 0 Å². The third-order valence-electron chi connectivity index (χ3n) is 2.37. The van der Waals surface area contributed by atoms with Gasteiger partial charge in [-0.2, -0.15) is 13.2 Å². The monoisotopic (exact) mass is 330 g/mol. The topological polar surface area (TPSA) is 80.6 Å². The van der Waals surface area contributed by atoms with Crippen LogP contribution in [-0.4, -0.2) is 41.4 Å². The van der Waals surface area contributed by atoms with Crippen LogP contribution in [0.4, 0.5) is 13.2 Å². The van der Waals surface area contributed by atoms with E-state index in [9.17, 15) is 21.6 Å². The Balaban J connectivity index is 2.54. The van der Waals surface area contributed by atoms with E-state index < -0.39 is 22.8 Å². The van der Waals surface area contributed by atoms with E-state index in [-0.39, 0.29) is 23.8 Å². The Kier molecular flexibility index (Phi) is 6.20. The lowest BCUT2D eigenvalue weighted by Crippen LogP contribution is -2.29. The number of furan rings is 1. The third kappa shape index (κ3) is 6.04. The summed E-state index contributed by atoms with van der Waals surface area (Å²) < 4.78 is 71.1. The van der Waals surface area contributed by atoms with Crippen LogP contribution in [0.15, 0.2) is 15.4 Å². The number of halogens is 3. The van der Waals surface area contributed by atoms with E-state index in [0.717, 1.165) is 0 Å². The summed E-state index contributed by atoms with van der Waals surface area (Å²) in [5, 5.41) is 2.81. The SMILES string of the molecule is CNCc1cc(S(=O)(=O)NCCOCC(F)(F)F)c(C)o1. The lowest BCUT2D eigenvalue weighted by molar-refractivity contribution is -0.173. The van der Waals surface area contributed by atoms with Crippen molar-refractivity contribution in [2.45, 2.75) is 24.5 Å². The minimum Gasteiger partial charge on any atom is -0.464 e. The van der Waals surface area contributed by atoms with Gasteiger partial charge < -0.3 is 14.5 Å². The molecular weight excluding hydrogens is 313 g/mol. The number of aryl methyl sites for hydroxylation is 1. The Morgan fingerprint density at radius 3 is 2.62 bits per heavy atom. The van der Waals surface area contributed by atoms with Gasteiger partial charge in [-0.3, -0.25) is 0 Å². The van der Waals surface area contributed by atoms with Gasteiger partial charge in [0, 0.05) is 12.6 Å². The standard InChI is InChI=1S/C11H17F3N2O4S/c1-8-10(5-9(20-8)6-15-2)21(17,18)16-3-4-19-7-11(12,13)14/h5,15-16H,3-4,6-7H2,1-2H3. The fourth-order valence-electron chi connectivity index (χ4n) is 1.57. The van der Waals surface area contributed by atoms with Gasteiger partial charge in [0.2, 0.25) is 10.0 Å². The number of nitrogens with one attached hydrogen (secondary N) is 2. The molecule has 1 rings (SSSR count). The summed E-state index contributed by atoms with van der Waals surface area (Å²) >= 11 is 0. The first-order valence-corrected chi connectivity index (χ1v) is 7.52. The van der Waals surface area contributed by atoms with Crippen molar-refractivity contribution in [1.82, 2.24) is 10.0 Å². The summed E-state index contributed by atoms with van der Waals surface area (Å²) in [6.45, 7) is -0.186. The van der Waals surface area contributed by atoms with E-state index in [2.05, 4.69) is 14.8 Å². The van der Waals surface area contributed by atoms with Gasteiger partial charge in [0.15, 0.2) is 0 Å². The molecule has 6 nitrogen and oxygen atoms in total. The first-order valence-electron chi connectivity index (χ1n) is 6.04. The van der Waals surface area contributed by atoms with Crippen LogP contribution in [-0.2, 0) is 21.3 Å². The Morgan fingerprint density at radius 1 is 1.38 bits per heavy atom. The van der Waals surface area contributed by atoms with Crippen molar-refractivity contribution in [2.24, 2.45) is 0 Å². The van der Waals surface area contributed by atoms with Crippen LogP contribution < -0.4 is 10.0 Å². The second kappa shape index (κ2) is 7.25. The molecule has 1 aromatic heterocycles. The van der Waals surface area contributed by atoms with Crippen molar-refractivity contribution in [1.29, 1.82) is 0 Å². The molecule has 10 heteroatoms. The summed E-state index contributed by atoms with van der Waals surface area (Å²) in [4.78, 5) is -0.0384. The maximum atomic E-state index is 12.0. The van der Waals surface area contributed by atoms with Crippen LogP contribution in [0.1, 0.15) is 11.5 Å². The average molecular weight is 330 g/mol. The highest BCUT2D eigenvalue weighted by atomic mass is 32.2. The molecule has 1 aromatic rings. The Labute approximate surface area is 120 Å². The van der Waals surface area contributed by atoms with Gasteiger partial charge >= 0.3 is 6.18 Å². The molecule has 0 bridgehead atoms. The number of hydrogen-bond acceptors (Lipinski definition) is 5. The molecule has 122 valence electrons. The molecule has 0 aliphatic rings. The molecule has 0 aromatic carbocycles. The minimum absolute atomic E-state index is 0.0384. The highest BCUT2D eigenvalue weighted by Gasteiger charge is 2.27. The first-order chi connectivity index (χ1) is 9.65. The zero-order chi connectivity index (χ0) is 16.1. The van der Waals surface area contributed by atoms with E-state index in [1.807, 2.05) is 0 Å². The highest BCUT2D eigenvalue weighted by Crippen LogP contribution is 2.19. The summed E-state index contributed by atoms with van der Waals surface area (Å²) in [6, 6.07) is 1.37. The number of rotatable bonds is 8. The fraction of sp³-hybridized carbons (Fsp3) is 0.636. The molecule has 2 N–H and O–H groups in total. The van der Waals surface area contributed by atoms with Crippen molar-refractivity contribution in [3.8, 4) is 0 Å². The molecule has 0 aliphatic carbocycles. The smallest absolute Gasteiger partial charge is 0.411 e. The lowest BCUT2D eigenvalue weighted by atomic mass is 10.4. The molecule has 0 radical (unpaired) electrons. The first kappa shape index (κ1) is 18.0. The normalized spacial score (nSPS) is 12.8. The molecule has 0 unspecified atom stereocenters. The Morgan fingerprint density at radius 2 is 2.05 bits per heavy atom. The Hall–Kier alpha value is -1.10. The molecule has 0 spiro atoms. The van der Waals surface area contributed by atoms with Gasteiger partial charge in [-0.15, -0.1) is 0 Å². The van der Waals surface area contributed by atoms with Crippen LogP contribution in [0.25, 0.3) is 0 Å². The maximum absolute atomic E-state index is 12.0. The summed E-state index contributed by atoms with van der Waals surface area (Å²) in [7, 11) is -2.15. The van der Waals surface area contributed by atoms with Crippen molar-refractivity contribution < 1.29 is 30.7 Å². The molecule has 1 heterocycles. The molecule has 0 amide bonds. The van der Waals surface area contributed by atoms with Gasteiger partial charge in [0.05, 0.1) is 13.2 Å². The molecule has 0 atom stereocenters. The number of hydrogen-bond donors (Lipinski definition) is 2. The van der Waals surface area contributed by atoms with Gasteiger partial charge in [-0.25, -0.2) is 13.1 Å². The zero-order valence-corrected chi connectivity index (χ0v) is 12.4. The maximum Gasteiger partial charge on any atom is 0.411 e. The molecule has 0 aliphatic heterocycles. The van der Waals surface area contributed by atoms with Crippen molar-refractivity contribution in [2.75, 3.05) is 26.8 Å². The number of sulfonamides is 1. The third-order valence-corrected chi connectivity index (χ3v) is 3.94. The van der Waals surface area contributed by atoms with Crippen LogP contribution in [0.5, 0.6) is 0 Å². The van der Waals surface area contributed by atoms with Crippen molar-refractivity contribution >= 4 is 10.0 Å². The van der Waals surface area contributed by atoms with Crippen molar-refractivity contribution in [3.05, 3.63) is 17.6 Å². The quantitative estimate of drug-likeness (QED) is 0.699. The summed E-state index contributed by atoms with van der Waals surface area (Å²) in [5.74, 6) is 0.660. The van der Waals surface area contributed by atoms with E-state index in [4.69, 9.17) is 4.42 Å².